The lowest BCUT2D eigenvalue weighted by Gasteiger charge is -2.09. The molecule has 0 aliphatic rings. The normalized spacial score (nSPS) is 11.0. The van der Waals surface area contributed by atoms with Crippen molar-refractivity contribution in [3.8, 4) is 11.5 Å². The molecule has 0 amide bonds. The zero-order valence-electron chi connectivity index (χ0n) is 11.4. The molecule has 0 heterocycles. The maximum Gasteiger partial charge on any atom is 0.339 e. The predicted molar refractivity (Wildman–Crippen MR) is 78.3 cm³/mol. The highest BCUT2D eigenvalue weighted by Gasteiger charge is 2.19. The predicted octanol–water partition coefficient (Wildman–Crippen LogP) is 1.95. The molecule has 0 fully saturated rings. The molecule has 2 rings (SSSR count). The Kier molecular flexibility index (Phi) is 4.18. The van der Waals surface area contributed by atoms with E-state index in [1.807, 2.05) is 0 Å². The van der Waals surface area contributed by atoms with Gasteiger partial charge in [-0.05, 0) is 24.3 Å². The van der Waals surface area contributed by atoms with E-state index in [1.165, 1.54) is 37.4 Å². The summed E-state index contributed by atoms with van der Waals surface area (Å²) in [6.45, 7) is 0. The van der Waals surface area contributed by atoms with Crippen LogP contribution in [0.5, 0.6) is 11.5 Å². The van der Waals surface area contributed by atoms with Gasteiger partial charge in [0, 0.05) is 18.2 Å². The number of ether oxygens (including phenoxy) is 1. The highest BCUT2D eigenvalue weighted by atomic mass is 32.2. The highest BCUT2D eigenvalue weighted by Crippen LogP contribution is 2.27. The van der Waals surface area contributed by atoms with Crippen LogP contribution in [-0.4, -0.2) is 20.5 Å². The Labute approximate surface area is 126 Å². The van der Waals surface area contributed by atoms with Crippen LogP contribution in [0, 0.1) is 10.1 Å². The number of nitro groups is 1. The van der Waals surface area contributed by atoms with Gasteiger partial charge < -0.3 is 14.7 Å². The third kappa shape index (κ3) is 3.26. The van der Waals surface area contributed by atoms with Gasteiger partial charge in [-0.3, -0.25) is 10.1 Å². The molecular weight excluding hydrogens is 312 g/mol. The molecule has 2 aromatic carbocycles. The molecule has 0 aromatic heterocycles. The summed E-state index contributed by atoms with van der Waals surface area (Å²) in [7, 11) is -2.74. The summed E-state index contributed by atoms with van der Waals surface area (Å²) < 4.78 is 34.2. The molecular formula is C13H12N2O6S. The molecule has 0 aliphatic heterocycles. The number of benzene rings is 2. The molecule has 0 spiro atoms. The van der Waals surface area contributed by atoms with Crippen LogP contribution in [0.3, 0.4) is 0 Å². The lowest BCUT2D eigenvalue weighted by molar-refractivity contribution is -0.384. The van der Waals surface area contributed by atoms with Crippen LogP contribution in [0.15, 0.2) is 47.4 Å². The molecule has 0 radical (unpaired) electrons. The summed E-state index contributed by atoms with van der Waals surface area (Å²) in [5, 5.41) is 10.5. The number of methoxy groups -OCH3 is 1. The van der Waals surface area contributed by atoms with Gasteiger partial charge in [0.05, 0.1) is 17.7 Å². The Morgan fingerprint density at radius 1 is 1.14 bits per heavy atom. The van der Waals surface area contributed by atoms with Crippen LogP contribution < -0.4 is 14.7 Å². The van der Waals surface area contributed by atoms with Crippen molar-refractivity contribution in [1.82, 2.24) is 0 Å². The summed E-state index contributed by atoms with van der Waals surface area (Å²) in [5.74, 6) is 0.162. The first-order chi connectivity index (χ1) is 10.3. The van der Waals surface area contributed by atoms with Crippen molar-refractivity contribution >= 4 is 21.5 Å². The van der Waals surface area contributed by atoms with E-state index in [0.717, 1.165) is 12.1 Å². The number of hydrogen-bond donors (Lipinski definition) is 1. The fraction of sp³-hybridized carbons (Fsp3) is 0.0769. The molecule has 2 N–H and O–H groups in total. The van der Waals surface area contributed by atoms with E-state index in [9.17, 15) is 18.5 Å². The second kappa shape index (κ2) is 5.90. The van der Waals surface area contributed by atoms with Crippen LogP contribution in [-0.2, 0) is 10.1 Å². The summed E-state index contributed by atoms with van der Waals surface area (Å²) >= 11 is 0. The van der Waals surface area contributed by atoms with E-state index in [4.69, 9.17) is 14.7 Å². The monoisotopic (exact) mass is 324 g/mol. The Morgan fingerprint density at radius 2 is 1.77 bits per heavy atom. The van der Waals surface area contributed by atoms with Crippen LogP contribution in [0.2, 0.25) is 0 Å². The van der Waals surface area contributed by atoms with Crippen LogP contribution >= 0.6 is 0 Å². The minimum absolute atomic E-state index is 0.0404. The zero-order valence-corrected chi connectivity index (χ0v) is 12.2. The fourth-order valence-corrected chi connectivity index (χ4v) is 2.59. The van der Waals surface area contributed by atoms with Crippen LogP contribution in [0.1, 0.15) is 0 Å². The minimum atomic E-state index is -4.10. The topological polar surface area (TPSA) is 122 Å². The fourth-order valence-electron chi connectivity index (χ4n) is 1.65. The third-order valence-corrected chi connectivity index (χ3v) is 3.99. The van der Waals surface area contributed by atoms with E-state index in [0.29, 0.717) is 0 Å². The van der Waals surface area contributed by atoms with E-state index >= 15 is 0 Å². The van der Waals surface area contributed by atoms with Gasteiger partial charge in [-0.25, -0.2) is 0 Å². The van der Waals surface area contributed by atoms with Gasteiger partial charge in [-0.15, -0.1) is 0 Å². The molecule has 116 valence electrons. The number of nitrogen functional groups attached to an aromatic ring is 1. The number of anilines is 1. The van der Waals surface area contributed by atoms with Gasteiger partial charge in [0.25, 0.3) is 5.69 Å². The summed E-state index contributed by atoms with van der Waals surface area (Å²) in [6.07, 6.45) is 0. The van der Waals surface area contributed by atoms with Gasteiger partial charge in [0.15, 0.2) is 0 Å². The van der Waals surface area contributed by atoms with E-state index in [2.05, 4.69) is 0 Å². The number of nitrogens with zero attached hydrogens (tertiary/aromatic N) is 1. The smallest absolute Gasteiger partial charge is 0.339 e. The van der Waals surface area contributed by atoms with Crippen LogP contribution in [0.25, 0.3) is 0 Å². The molecule has 2 aromatic rings. The second-order valence-corrected chi connectivity index (χ2v) is 5.74. The minimum Gasteiger partial charge on any atom is -0.495 e. The van der Waals surface area contributed by atoms with E-state index in [1.54, 1.807) is 0 Å². The zero-order chi connectivity index (χ0) is 16.3. The molecule has 8 nitrogen and oxygen atoms in total. The molecule has 0 aliphatic carbocycles. The van der Waals surface area contributed by atoms with Gasteiger partial charge in [-0.2, -0.15) is 8.42 Å². The Hall–Kier alpha value is -2.81. The number of hydrogen-bond acceptors (Lipinski definition) is 7. The number of rotatable bonds is 5. The standard InChI is InChI=1S/C13H12N2O6S/c1-20-13-8-11(6-7-12(13)14)22(18,19)21-10-4-2-9(3-5-10)15(16)17/h2-8H,14H2,1H3. The third-order valence-electron chi connectivity index (χ3n) is 2.75. The maximum absolute atomic E-state index is 12.1. The molecule has 0 saturated heterocycles. The van der Waals surface area contributed by atoms with Crippen molar-refractivity contribution in [3.63, 3.8) is 0 Å². The molecule has 0 atom stereocenters. The second-order valence-electron chi connectivity index (χ2n) is 4.19. The number of nitrogens with two attached hydrogens (primary N) is 1. The van der Waals surface area contributed by atoms with E-state index < -0.39 is 15.0 Å². The average molecular weight is 324 g/mol. The Balaban J connectivity index is 2.29. The van der Waals surface area contributed by atoms with Gasteiger partial charge >= 0.3 is 10.1 Å². The molecule has 9 heteroatoms. The molecule has 0 unspecified atom stereocenters. The van der Waals surface area contributed by atoms with Crippen molar-refractivity contribution in [2.24, 2.45) is 0 Å². The summed E-state index contributed by atoms with van der Waals surface area (Å²) in [5.41, 5.74) is 5.74. The summed E-state index contributed by atoms with van der Waals surface area (Å²) in [4.78, 5) is 9.81. The Morgan fingerprint density at radius 3 is 2.32 bits per heavy atom. The molecule has 22 heavy (non-hydrogen) atoms. The van der Waals surface area contributed by atoms with Crippen LogP contribution in [0.4, 0.5) is 11.4 Å². The average Bonchev–Trinajstić information content (AvgIpc) is 2.47. The number of nitro benzene ring substituents is 1. The molecule has 0 bridgehead atoms. The van der Waals surface area contributed by atoms with Crippen molar-refractivity contribution in [2.45, 2.75) is 4.90 Å². The van der Waals surface area contributed by atoms with Gasteiger partial charge in [0.1, 0.15) is 16.4 Å². The summed E-state index contributed by atoms with van der Waals surface area (Å²) in [6, 6.07) is 8.58. The van der Waals surface area contributed by atoms with Gasteiger partial charge in [-0.1, -0.05) is 0 Å². The lowest BCUT2D eigenvalue weighted by atomic mass is 10.3. The largest absolute Gasteiger partial charge is 0.495 e. The van der Waals surface area contributed by atoms with Crippen molar-refractivity contribution < 1.29 is 22.3 Å². The highest BCUT2D eigenvalue weighted by molar-refractivity contribution is 7.87. The van der Waals surface area contributed by atoms with Crippen molar-refractivity contribution in [2.75, 3.05) is 12.8 Å². The Bertz CT molecular complexity index is 802. The quantitative estimate of drug-likeness (QED) is 0.386. The SMILES string of the molecule is COc1cc(S(=O)(=O)Oc2ccc([N+](=O)[O-])cc2)ccc1N. The first-order valence-corrected chi connectivity index (χ1v) is 7.37. The van der Waals surface area contributed by atoms with E-state index in [-0.39, 0.29) is 27.8 Å². The van der Waals surface area contributed by atoms with Crippen molar-refractivity contribution in [1.29, 1.82) is 0 Å². The lowest BCUT2D eigenvalue weighted by Crippen LogP contribution is -2.10. The first-order valence-electron chi connectivity index (χ1n) is 5.96. The molecule has 0 saturated carbocycles. The maximum atomic E-state index is 12.1. The number of non-ortho nitro benzene ring substituents is 1. The van der Waals surface area contributed by atoms with Crippen molar-refractivity contribution in [3.05, 3.63) is 52.6 Å². The van der Waals surface area contributed by atoms with Gasteiger partial charge in [0.2, 0.25) is 0 Å². The first kappa shape index (κ1) is 15.6.